The van der Waals surface area contributed by atoms with Crippen molar-refractivity contribution in [3.63, 3.8) is 0 Å². The highest BCUT2D eigenvalue weighted by Gasteiger charge is 2.46. The molecule has 3 aliphatic heterocycles. The van der Waals surface area contributed by atoms with Crippen LogP contribution in [0.1, 0.15) is 29.2 Å². The molecule has 0 N–H and O–H groups in total. The molecule has 4 atom stereocenters. The van der Waals surface area contributed by atoms with Gasteiger partial charge in [-0.1, -0.05) is 36.4 Å². The molecule has 0 unspecified atom stereocenters. The molecule has 3 aliphatic rings. The van der Waals surface area contributed by atoms with Gasteiger partial charge < -0.3 is 14.5 Å². The van der Waals surface area contributed by atoms with Crippen LogP contribution in [0.25, 0.3) is 0 Å². The summed E-state index contributed by atoms with van der Waals surface area (Å²) in [5.41, 5.74) is 2.95. The lowest BCUT2D eigenvalue weighted by Crippen LogP contribution is -2.65. The summed E-state index contributed by atoms with van der Waals surface area (Å²) in [7, 11) is 1.90. The smallest absolute Gasteiger partial charge is 0.367 e. The van der Waals surface area contributed by atoms with Crippen LogP contribution in [0.15, 0.2) is 48.5 Å². The zero-order valence-corrected chi connectivity index (χ0v) is 19.5. The number of piperazine rings is 1. The maximum atomic E-state index is 13.8. The summed E-state index contributed by atoms with van der Waals surface area (Å²) < 4.78 is 58.9. The van der Waals surface area contributed by atoms with E-state index in [9.17, 15) is 22.4 Å². The van der Waals surface area contributed by atoms with Gasteiger partial charge in [0.25, 0.3) is 5.91 Å². The second-order valence-electron chi connectivity index (χ2n) is 9.69. The number of amides is 1. The summed E-state index contributed by atoms with van der Waals surface area (Å²) in [5.74, 6) is -0.519. The SMILES string of the molecule is CN1CCN(CC(F)(F)F)[C@H]2CO[C@@H](C(=O)N3CCc4ccccc4[C@@H]3c3ccc(F)cc3)C[C@@H]21. The van der Waals surface area contributed by atoms with Crippen LogP contribution in [-0.4, -0.2) is 84.8 Å². The molecule has 2 aromatic rings. The van der Waals surface area contributed by atoms with Crippen molar-refractivity contribution in [3.05, 3.63) is 71.0 Å². The average Bonchev–Trinajstić information content (AvgIpc) is 2.84. The van der Waals surface area contributed by atoms with E-state index in [2.05, 4.69) is 0 Å². The fraction of sp³-hybridized carbons (Fsp3) is 0.500. The Bertz CT molecular complexity index is 1060. The number of carbonyl (C=O) groups is 1. The molecule has 0 aliphatic carbocycles. The molecule has 2 saturated heterocycles. The number of halogens is 4. The van der Waals surface area contributed by atoms with E-state index in [4.69, 9.17) is 4.74 Å². The van der Waals surface area contributed by atoms with Crippen LogP contribution in [0.3, 0.4) is 0 Å². The third kappa shape index (κ3) is 4.94. The fourth-order valence-corrected chi connectivity index (χ4v) is 5.80. The first-order valence-electron chi connectivity index (χ1n) is 12.0. The molecular formula is C26H29F4N3O2. The van der Waals surface area contributed by atoms with Crippen molar-refractivity contribution < 1.29 is 27.1 Å². The van der Waals surface area contributed by atoms with Crippen molar-refractivity contribution >= 4 is 5.91 Å². The van der Waals surface area contributed by atoms with E-state index in [1.54, 1.807) is 17.0 Å². The molecule has 0 aromatic heterocycles. The van der Waals surface area contributed by atoms with Gasteiger partial charge in [0.1, 0.15) is 11.9 Å². The monoisotopic (exact) mass is 491 g/mol. The second kappa shape index (κ2) is 9.52. The van der Waals surface area contributed by atoms with Crippen LogP contribution in [0, 0.1) is 5.82 Å². The molecule has 0 radical (unpaired) electrons. The lowest BCUT2D eigenvalue weighted by atomic mass is 9.87. The highest BCUT2D eigenvalue weighted by Crippen LogP contribution is 2.37. The number of ether oxygens (including phenoxy) is 1. The highest BCUT2D eigenvalue weighted by molar-refractivity contribution is 5.82. The Kier molecular flexibility index (Phi) is 6.59. The molecule has 0 bridgehead atoms. The molecule has 3 heterocycles. The quantitative estimate of drug-likeness (QED) is 0.615. The van der Waals surface area contributed by atoms with Gasteiger partial charge in [0.15, 0.2) is 0 Å². The minimum Gasteiger partial charge on any atom is -0.367 e. The second-order valence-corrected chi connectivity index (χ2v) is 9.69. The maximum absolute atomic E-state index is 13.8. The molecule has 5 nitrogen and oxygen atoms in total. The molecule has 0 spiro atoms. The Morgan fingerprint density at radius 1 is 1.03 bits per heavy atom. The van der Waals surface area contributed by atoms with Crippen molar-refractivity contribution in [3.8, 4) is 0 Å². The molecule has 2 fully saturated rings. The Labute approximate surface area is 202 Å². The minimum atomic E-state index is -4.28. The van der Waals surface area contributed by atoms with Gasteiger partial charge in [-0.2, -0.15) is 13.2 Å². The lowest BCUT2D eigenvalue weighted by Gasteiger charge is -2.50. The molecule has 9 heteroatoms. The molecule has 35 heavy (non-hydrogen) atoms. The van der Waals surface area contributed by atoms with Crippen LogP contribution < -0.4 is 0 Å². The van der Waals surface area contributed by atoms with E-state index >= 15 is 0 Å². The minimum absolute atomic E-state index is 0.0765. The van der Waals surface area contributed by atoms with Gasteiger partial charge in [-0.25, -0.2) is 4.39 Å². The zero-order chi connectivity index (χ0) is 24.7. The normalized spacial score (nSPS) is 27.9. The van der Waals surface area contributed by atoms with Crippen LogP contribution in [0.4, 0.5) is 17.6 Å². The Hall–Kier alpha value is -2.49. The number of hydrogen-bond acceptors (Lipinski definition) is 4. The Morgan fingerprint density at radius 3 is 2.51 bits per heavy atom. The van der Waals surface area contributed by atoms with Gasteiger partial charge in [0.05, 0.1) is 19.2 Å². The summed E-state index contributed by atoms with van der Waals surface area (Å²) in [5, 5.41) is 0. The predicted octanol–water partition coefficient (Wildman–Crippen LogP) is 3.64. The lowest BCUT2D eigenvalue weighted by molar-refractivity contribution is -0.181. The van der Waals surface area contributed by atoms with Gasteiger partial charge in [-0.05, 0) is 48.7 Å². The summed E-state index contributed by atoms with van der Waals surface area (Å²) in [4.78, 5) is 19.1. The molecule has 188 valence electrons. The van der Waals surface area contributed by atoms with E-state index in [-0.39, 0.29) is 30.4 Å². The fourth-order valence-electron chi connectivity index (χ4n) is 5.80. The predicted molar refractivity (Wildman–Crippen MR) is 122 cm³/mol. The topological polar surface area (TPSA) is 36.0 Å². The molecule has 1 amide bonds. The van der Waals surface area contributed by atoms with Crippen LogP contribution in [0.5, 0.6) is 0 Å². The van der Waals surface area contributed by atoms with Crippen molar-refractivity contribution in [2.75, 3.05) is 39.8 Å². The van der Waals surface area contributed by atoms with E-state index in [0.717, 1.165) is 16.7 Å². The van der Waals surface area contributed by atoms with Gasteiger partial charge >= 0.3 is 6.18 Å². The number of benzene rings is 2. The van der Waals surface area contributed by atoms with Crippen molar-refractivity contribution in [1.82, 2.24) is 14.7 Å². The summed E-state index contributed by atoms with van der Waals surface area (Å²) in [6.07, 6.45) is -3.99. The highest BCUT2D eigenvalue weighted by atomic mass is 19.4. The molecule has 5 rings (SSSR count). The summed E-state index contributed by atoms with van der Waals surface area (Å²) in [6, 6.07) is 13.1. The number of rotatable bonds is 3. The van der Waals surface area contributed by atoms with Crippen LogP contribution in [-0.2, 0) is 16.0 Å². The number of nitrogens with zero attached hydrogens (tertiary/aromatic N) is 3. The first kappa shape index (κ1) is 24.2. The van der Waals surface area contributed by atoms with Crippen molar-refractivity contribution in [1.29, 1.82) is 0 Å². The van der Waals surface area contributed by atoms with Gasteiger partial charge in [0, 0.05) is 31.7 Å². The number of fused-ring (bicyclic) bond motifs is 2. The van der Waals surface area contributed by atoms with E-state index in [1.165, 1.54) is 17.0 Å². The third-order valence-electron chi connectivity index (χ3n) is 7.55. The van der Waals surface area contributed by atoms with Crippen LogP contribution in [0.2, 0.25) is 0 Å². The molecular weight excluding hydrogens is 462 g/mol. The first-order chi connectivity index (χ1) is 16.7. The number of carbonyl (C=O) groups excluding carboxylic acids is 1. The number of alkyl halides is 3. The largest absolute Gasteiger partial charge is 0.401 e. The standard InChI is InChI=1S/C26H29F4N3O2/c1-31-12-13-32(16-26(28,29)30)22-15-35-23(14-21(22)31)25(34)33-11-10-17-4-2-3-5-20(17)24(33)18-6-8-19(27)9-7-18/h2-9,21-24H,10-16H2,1H3/t21-,22-,23+,24-/m0/s1. The van der Waals surface area contributed by atoms with Crippen molar-refractivity contribution in [2.45, 2.75) is 43.2 Å². The zero-order valence-electron chi connectivity index (χ0n) is 19.5. The van der Waals surface area contributed by atoms with Crippen LogP contribution >= 0.6 is 0 Å². The van der Waals surface area contributed by atoms with E-state index in [1.807, 2.05) is 36.2 Å². The van der Waals surface area contributed by atoms with Gasteiger partial charge in [-0.3, -0.25) is 9.69 Å². The first-order valence-corrected chi connectivity index (χ1v) is 12.0. The third-order valence-corrected chi connectivity index (χ3v) is 7.55. The van der Waals surface area contributed by atoms with E-state index < -0.39 is 24.9 Å². The number of likely N-dealkylation sites (N-methyl/N-ethyl adjacent to an activating group) is 1. The summed E-state index contributed by atoms with van der Waals surface area (Å²) >= 11 is 0. The molecule has 0 saturated carbocycles. The van der Waals surface area contributed by atoms with E-state index in [0.29, 0.717) is 32.5 Å². The summed E-state index contributed by atoms with van der Waals surface area (Å²) in [6.45, 7) is 0.413. The number of hydrogen-bond donors (Lipinski definition) is 0. The molecule has 2 aromatic carbocycles. The van der Waals surface area contributed by atoms with Gasteiger partial charge in [0.2, 0.25) is 0 Å². The average molecular weight is 492 g/mol. The van der Waals surface area contributed by atoms with Gasteiger partial charge in [-0.15, -0.1) is 0 Å². The van der Waals surface area contributed by atoms with Crippen molar-refractivity contribution in [2.24, 2.45) is 0 Å². The maximum Gasteiger partial charge on any atom is 0.401 e. The Balaban J connectivity index is 1.39. The Morgan fingerprint density at radius 2 is 1.77 bits per heavy atom.